The third-order valence-electron chi connectivity index (χ3n) is 5.14. The molecule has 24 heavy (non-hydrogen) atoms. The van der Waals surface area contributed by atoms with Crippen molar-refractivity contribution in [3.63, 3.8) is 0 Å². The first kappa shape index (κ1) is 15.2. The molecule has 2 heterocycles. The largest absolute Gasteiger partial charge is 0.444 e. The van der Waals surface area contributed by atoms with Crippen LogP contribution in [0.15, 0.2) is 34.9 Å². The van der Waals surface area contributed by atoms with Crippen molar-refractivity contribution in [2.75, 3.05) is 18.4 Å². The number of anilines is 1. The third-order valence-corrected chi connectivity index (χ3v) is 5.14. The van der Waals surface area contributed by atoms with Gasteiger partial charge in [0.25, 0.3) is 0 Å². The molecule has 1 saturated heterocycles. The highest BCUT2D eigenvalue weighted by atomic mass is 16.3. The summed E-state index contributed by atoms with van der Waals surface area (Å²) in [5.74, 6) is 1.11. The second-order valence-electron chi connectivity index (χ2n) is 6.83. The number of amides is 2. The Labute approximate surface area is 141 Å². The van der Waals surface area contributed by atoms with E-state index in [1.165, 1.54) is 12.8 Å². The molecule has 2 aliphatic rings. The summed E-state index contributed by atoms with van der Waals surface area (Å²) in [5.41, 5.74) is 2.33. The molecule has 1 aliphatic carbocycles. The van der Waals surface area contributed by atoms with Gasteiger partial charge in [-0.3, -0.25) is 0 Å². The van der Waals surface area contributed by atoms with E-state index in [4.69, 9.17) is 4.42 Å². The lowest BCUT2D eigenvalue weighted by Crippen LogP contribution is -2.53. The van der Waals surface area contributed by atoms with Crippen molar-refractivity contribution in [1.82, 2.24) is 15.6 Å². The molecule has 6 nitrogen and oxygen atoms in total. The number of rotatable bonds is 3. The number of urea groups is 1. The van der Waals surface area contributed by atoms with Crippen molar-refractivity contribution in [3.05, 3.63) is 36.2 Å². The average Bonchev–Trinajstić information content (AvgIpc) is 3.22. The lowest BCUT2D eigenvalue weighted by molar-refractivity contribution is 0.232. The number of carbonyl (C=O) groups is 1. The fraction of sp³-hybridized carbons (Fsp3) is 0.444. The number of aryl methyl sites for hydroxylation is 1. The maximum Gasteiger partial charge on any atom is 0.319 e. The first-order valence-corrected chi connectivity index (χ1v) is 8.47. The van der Waals surface area contributed by atoms with Crippen molar-refractivity contribution in [2.45, 2.75) is 31.7 Å². The minimum Gasteiger partial charge on any atom is -0.444 e. The lowest BCUT2D eigenvalue weighted by atomic mass is 9.91. The summed E-state index contributed by atoms with van der Waals surface area (Å²) in [6.07, 6.45) is 5.04. The molecule has 126 valence electrons. The summed E-state index contributed by atoms with van der Waals surface area (Å²) in [4.78, 5) is 16.8. The number of nitrogens with one attached hydrogen (secondary N) is 3. The van der Waals surface area contributed by atoms with E-state index >= 15 is 0 Å². The Hall–Kier alpha value is -2.34. The summed E-state index contributed by atoms with van der Waals surface area (Å²) in [6.45, 7) is 3.75. The Kier molecular flexibility index (Phi) is 3.76. The van der Waals surface area contributed by atoms with Gasteiger partial charge in [0.1, 0.15) is 6.26 Å². The second kappa shape index (κ2) is 5.94. The number of fused-ring (bicyclic) bond motifs is 1. The molecule has 2 aromatic rings. The molecule has 2 amide bonds. The van der Waals surface area contributed by atoms with Gasteiger partial charge in [0.2, 0.25) is 5.89 Å². The van der Waals surface area contributed by atoms with Gasteiger partial charge in [0.05, 0.1) is 11.2 Å². The molecular formula is C18H22N4O2. The summed E-state index contributed by atoms with van der Waals surface area (Å²) in [6, 6.07) is 7.40. The zero-order valence-corrected chi connectivity index (χ0v) is 13.8. The highest BCUT2D eigenvalue weighted by Gasteiger charge is 2.47. The van der Waals surface area contributed by atoms with Crippen LogP contribution in [0.5, 0.6) is 0 Å². The number of oxazole rings is 1. The predicted octanol–water partition coefficient (Wildman–Crippen LogP) is 2.91. The minimum atomic E-state index is -0.147. The number of benzene rings is 1. The zero-order chi connectivity index (χ0) is 16.6. The topological polar surface area (TPSA) is 79.2 Å². The van der Waals surface area contributed by atoms with Crippen LogP contribution in [0.1, 0.15) is 25.0 Å². The Morgan fingerprint density at radius 2 is 2.38 bits per heavy atom. The number of carbonyl (C=O) groups excluding carboxylic acids is 1. The fourth-order valence-electron chi connectivity index (χ4n) is 3.96. The van der Waals surface area contributed by atoms with E-state index in [0.29, 0.717) is 11.8 Å². The molecule has 0 unspecified atom stereocenters. The number of aromatic nitrogens is 1. The average molecular weight is 326 g/mol. The molecule has 2 fully saturated rings. The fourth-order valence-corrected chi connectivity index (χ4v) is 3.96. The lowest BCUT2D eigenvalue weighted by Gasteiger charge is -2.29. The van der Waals surface area contributed by atoms with Crippen LogP contribution in [-0.2, 0) is 0 Å². The van der Waals surface area contributed by atoms with Crippen LogP contribution in [0.25, 0.3) is 11.5 Å². The minimum absolute atomic E-state index is 0.0820. The Balaban J connectivity index is 1.46. The maximum absolute atomic E-state index is 12.5. The van der Waals surface area contributed by atoms with Gasteiger partial charge >= 0.3 is 6.03 Å². The van der Waals surface area contributed by atoms with E-state index < -0.39 is 0 Å². The van der Waals surface area contributed by atoms with Gasteiger partial charge in [-0.15, -0.1) is 0 Å². The molecule has 2 atom stereocenters. The van der Waals surface area contributed by atoms with Crippen LogP contribution in [0, 0.1) is 12.8 Å². The summed E-state index contributed by atoms with van der Waals surface area (Å²) in [5, 5.41) is 9.56. The van der Waals surface area contributed by atoms with Gasteiger partial charge in [-0.05, 0) is 43.9 Å². The molecule has 0 radical (unpaired) electrons. The smallest absolute Gasteiger partial charge is 0.319 e. The van der Waals surface area contributed by atoms with Crippen molar-refractivity contribution in [3.8, 4) is 11.5 Å². The summed E-state index contributed by atoms with van der Waals surface area (Å²) >= 11 is 0. The standard InChI is InChI=1S/C18H22N4O2/c1-12-10-24-16(20-12)13-4-2-6-15(8-13)21-17(23)22-18-7-3-5-14(18)9-19-11-18/h2,4,6,8,10,14,19H,3,5,7,9,11H2,1H3,(H2,21,22,23)/t14-,18-/m0/s1. The normalized spacial score (nSPS) is 25.5. The van der Waals surface area contributed by atoms with Gasteiger partial charge in [0, 0.05) is 24.3 Å². The van der Waals surface area contributed by atoms with E-state index in [-0.39, 0.29) is 11.6 Å². The van der Waals surface area contributed by atoms with Crippen molar-refractivity contribution < 1.29 is 9.21 Å². The van der Waals surface area contributed by atoms with Gasteiger partial charge in [-0.1, -0.05) is 12.5 Å². The highest BCUT2D eigenvalue weighted by molar-refractivity contribution is 5.90. The third kappa shape index (κ3) is 2.78. The molecule has 0 bridgehead atoms. The quantitative estimate of drug-likeness (QED) is 0.810. The first-order valence-electron chi connectivity index (χ1n) is 8.47. The second-order valence-corrected chi connectivity index (χ2v) is 6.83. The number of nitrogens with zero attached hydrogens (tertiary/aromatic N) is 1. The van der Waals surface area contributed by atoms with Crippen LogP contribution >= 0.6 is 0 Å². The molecule has 1 aliphatic heterocycles. The van der Waals surface area contributed by atoms with Crippen molar-refractivity contribution >= 4 is 11.7 Å². The predicted molar refractivity (Wildman–Crippen MR) is 91.8 cm³/mol. The number of hydrogen-bond donors (Lipinski definition) is 3. The highest BCUT2D eigenvalue weighted by Crippen LogP contribution is 2.38. The van der Waals surface area contributed by atoms with Crippen LogP contribution in [0.2, 0.25) is 0 Å². The molecule has 1 aromatic heterocycles. The molecule has 6 heteroatoms. The summed E-state index contributed by atoms with van der Waals surface area (Å²) in [7, 11) is 0. The van der Waals surface area contributed by atoms with E-state index in [1.54, 1.807) is 6.26 Å². The van der Waals surface area contributed by atoms with Gasteiger partial charge < -0.3 is 20.4 Å². The van der Waals surface area contributed by atoms with E-state index in [1.807, 2.05) is 31.2 Å². The molecule has 3 N–H and O–H groups in total. The van der Waals surface area contributed by atoms with E-state index in [0.717, 1.165) is 36.5 Å². The Morgan fingerprint density at radius 1 is 1.46 bits per heavy atom. The Morgan fingerprint density at radius 3 is 3.21 bits per heavy atom. The van der Waals surface area contributed by atoms with Crippen LogP contribution in [0.4, 0.5) is 10.5 Å². The van der Waals surface area contributed by atoms with Crippen LogP contribution in [-0.4, -0.2) is 29.6 Å². The summed E-state index contributed by atoms with van der Waals surface area (Å²) < 4.78 is 5.43. The maximum atomic E-state index is 12.5. The molecule has 0 spiro atoms. The zero-order valence-electron chi connectivity index (χ0n) is 13.8. The van der Waals surface area contributed by atoms with Gasteiger partial charge in [0.15, 0.2) is 0 Å². The van der Waals surface area contributed by atoms with Gasteiger partial charge in [-0.2, -0.15) is 0 Å². The van der Waals surface area contributed by atoms with Crippen LogP contribution in [0.3, 0.4) is 0 Å². The molecular weight excluding hydrogens is 304 g/mol. The molecule has 1 aromatic carbocycles. The SMILES string of the molecule is Cc1coc(-c2cccc(NC(=O)N[C@]34CCC[C@H]3CNC4)c2)n1. The van der Waals surface area contributed by atoms with Crippen molar-refractivity contribution in [1.29, 1.82) is 0 Å². The monoisotopic (exact) mass is 326 g/mol. The van der Waals surface area contributed by atoms with E-state index in [9.17, 15) is 4.79 Å². The number of hydrogen-bond acceptors (Lipinski definition) is 4. The van der Waals surface area contributed by atoms with Crippen LogP contribution < -0.4 is 16.0 Å². The molecule has 4 rings (SSSR count). The van der Waals surface area contributed by atoms with E-state index in [2.05, 4.69) is 20.9 Å². The first-order chi connectivity index (χ1) is 11.6. The van der Waals surface area contributed by atoms with Crippen molar-refractivity contribution in [2.24, 2.45) is 5.92 Å². The Bertz CT molecular complexity index is 745. The van der Waals surface area contributed by atoms with Gasteiger partial charge in [-0.25, -0.2) is 9.78 Å². The molecule has 1 saturated carbocycles.